The van der Waals surface area contributed by atoms with Gasteiger partial charge in [-0.25, -0.2) is 0 Å². The topological polar surface area (TPSA) is 81.5 Å². The van der Waals surface area contributed by atoms with Gasteiger partial charge in [-0.2, -0.15) is 0 Å². The van der Waals surface area contributed by atoms with Gasteiger partial charge in [0, 0.05) is 6.07 Å². The second kappa shape index (κ2) is 7.51. The minimum absolute atomic E-state index is 0.0125. The lowest BCUT2D eigenvalue weighted by Gasteiger charge is -2.16. The van der Waals surface area contributed by atoms with Crippen molar-refractivity contribution in [1.82, 2.24) is 0 Å². The molecule has 2 aromatic carbocycles. The maximum Gasteiger partial charge on any atom is 0.311 e. The van der Waals surface area contributed by atoms with Gasteiger partial charge in [0.2, 0.25) is 0 Å². The van der Waals surface area contributed by atoms with E-state index in [9.17, 15) is 14.9 Å². The molecule has 2 rings (SSSR count). The smallest absolute Gasteiger partial charge is 0.311 e. The summed E-state index contributed by atoms with van der Waals surface area (Å²) in [6.07, 6.45) is -0.987. The van der Waals surface area contributed by atoms with Crippen molar-refractivity contribution in [2.24, 2.45) is 0 Å². The van der Waals surface area contributed by atoms with Crippen molar-refractivity contribution in [3.05, 3.63) is 62.1 Å². The molecule has 0 aliphatic heterocycles. The van der Waals surface area contributed by atoms with Gasteiger partial charge in [-0.1, -0.05) is 35.3 Å². The molecule has 8 heteroatoms. The number of nitrogens with one attached hydrogen (secondary N) is 1. The fourth-order valence-corrected chi connectivity index (χ4v) is 2.45. The van der Waals surface area contributed by atoms with Gasteiger partial charge < -0.3 is 10.1 Å². The van der Waals surface area contributed by atoms with Crippen LogP contribution in [0.5, 0.6) is 5.75 Å². The van der Waals surface area contributed by atoms with E-state index >= 15 is 0 Å². The summed E-state index contributed by atoms with van der Waals surface area (Å²) >= 11 is 12.0. The number of anilines is 1. The number of nitro groups is 1. The second-order valence-electron chi connectivity index (χ2n) is 5.07. The number of ether oxygens (including phenoxy) is 1. The molecule has 24 heavy (non-hydrogen) atoms. The van der Waals surface area contributed by atoms with Gasteiger partial charge in [-0.3, -0.25) is 14.9 Å². The zero-order valence-electron chi connectivity index (χ0n) is 12.9. The summed E-state index contributed by atoms with van der Waals surface area (Å²) in [5.74, 6) is -0.515. The number of carbonyl (C=O) groups excluding carboxylic acids is 1. The van der Waals surface area contributed by atoms with E-state index in [4.69, 9.17) is 27.9 Å². The molecule has 0 aliphatic rings. The Kier molecular flexibility index (Phi) is 5.64. The van der Waals surface area contributed by atoms with E-state index in [-0.39, 0.29) is 27.2 Å². The largest absolute Gasteiger partial charge is 0.474 e. The molecule has 0 saturated carbocycles. The van der Waals surface area contributed by atoms with E-state index in [1.54, 1.807) is 31.2 Å². The highest BCUT2D eigenvalue weighted by Gasteiger charge is 2.22. The van der Waals surface area contributed by atoms with E-state index < -0.39 is 16.9 Å². The summed E-state index contributed by atoms with van der Waals surface area (Å²) in [4.78, 5) is 22.8. The predicted molar refractivity (Wildman–Crippen MR) is 93.0 cm³/mol. The first-order chi connectivity index (χ1) is 11.3. The molecule has 0 bridgehead atoms. The fraction of sp³-hybridized carbons (Fsp3) is 0.188. The van der Waals surface area contributed by atoms with E-state index in [2.05, 4.69) is 5.32 Å². The van der Waals surface area contributed by atoms with Crippen molar-refractivity contribution in [3.63, 3.8) is 0 Å². The van der Waals surface area contributed by atoms with Crippen LogP contribution in [0, 0.1) is 17.0 Å². The summed E-state index contributed by atoms with van der Waals surface area (Å²) in [6, 6.07) is 9.32. The van der Waals surface area contributed by atoms with Crippen LogP contribution in [0.4, 0.5) is 11.4 Å². The van der Waals surface area contributed by atoms with Crippen LogP contribution in [0.1, 0.15) is 12.5 Å². The monoisotopic (exact) mass is 368 g/mol. The molecule has 6 nitrogen and oxygen atoms in total. The summed E-state index contributed by atoms with van der Waals surface area (Å²) in [5.41, 5.74) is 0.777. The summed E-state index contributed by atoms with van der Waals surface area (Å²) < 4.78 is 5.44. The number of para-hydroxylation sites is 1. The predicted octanol–water partition coefficient (Wildman–Crippen LogP) is 4.62. The lowest BCUT2D eigenvalue weighted by atomic mass is 10.2. The van der Waals surface area contributed by atoms with E-state index in [1.165, 1.54) is 19.1 Å². The molecule has 2 aromatic rings. The van der Waals surface area contributed by atoms with Crippen LogP contribution in [0.3, 0.4) is 0 Å². The highest BCUT2D eigenvalue weighted by Crippen LogP contribution is 2.31. The number of benzene rings is 2. The quantitative estimate of drug-likeness (QED) is 0.616. The highest BCUT2D eigenvalue weighted by atomic mass is 35.5. The van der Waals surface area contributed by atoms with Crippen LogP contribution in [0.2, 0.25) is 10.0 Å². The number of amides is 1. The second-order valence-corrected chi connectivity index (χ2v) is 5.89. The third-order valence-corrected chi connectivity index (χ3v) is 3.83. The summed E-state index contributed by atoms with van der Waals surface area (Å²) in [6.45, 7) is 3.20. The molecular formula is C16H14Cl2N2O4. The number of carbonyl (C=O) groups is 1. The van der Waals surface area contributed by atoms with Gasteiger partial charge >= 0.3 is 5.69 Å². The van der Waals surface area contributed by atoms with Gasteiger partial charge in [0.15, 0.2) is 11.9 Å². The average Bonchev–Trinajstić information content (AvgIpc) is 2.52. The molecular weight excluding hydrogens is 355 g/mol. The zero-order chi connectivity index (χ0) is 17.9. The number of aryl methyl sites for hydroxylation is 1. The zero-order valence-corrected chi connectivity index (χ0v) is 14.4. The van der Waals surface area contributed by atoms with Crippen molar-refractivity contribution < 1.29 is 14.5 Å². The summed E-state index contributed by atoms with van der Waals surface area (Å²) in [5, 5.41) is 14.2. The minimum Gasteiger partial charge on any atom is -0.474 e. The van der Waals surface area contributed by atoms with Crippen LogP contribution in [0.15, 0.2) is 36.4 Å². The molecule has 0 aromatic heterocycles. The van der Waals surface area contributed by atoms with E-state index in [0.29, 0.717) is 5.56 Å². The molecule has 0 unspecified atom stereocenters. The maximum atomic E-state index is 12.2. The lowest BCUT2D eigenvalue weighted by Crippen LogP contribution is -2.30. The van der Waals surface area contributed by atoms with Crippen molar-refractivity contribution in [2.45, 2.75) is 20.0 Å². The van der Waals surface area contributed by atoms with Crippen LogP contribution >= 0.6 is 23.2 Å². The van der Waals surface area contributed by atoms with Crippen LogP contribution in [0.25, 0.3) is 0 Å². The van der Waals surface area contributed by atoms with Crippen LogP contribution < -0.4 is 10.1 Å². The van der Waals surface area contributed by atoms with Gasteiger partial charge in [0.25, 0.3) is 5.91 Å². The Bertz CT molecular complexity index is 775. The molecule has 0 aliphatic carbocycles. The molecule has 126 valence electrons. The first-order valence-electron chi connectivity index (χ1n) is 6.96. The number of nitro benzene ring substituents is 1. The Labute approximate surface area is 148 Å². The molecule has 0 fully saturated rings. The molecule has 0 heterocycles. The normalized spacial score (nSPS) is 11.7. The Morgan fingerprint density at radius 2 is 1.88 bits per heavy atom. The average molecular weight is 369 g/mol. The Hall–Kier alpha value is -2.31. The van der Waals surface area contributed by atoms with Gasteiger partial charge in [0.1, 0.15) is 0 Å². The van der Waals surface area contributed by atoms with Crippen LogP contribution in [-0.4, -0.2) is 16.9 Å². The molecule has 0 spiro atoms. The fourth-order valence-electron chi connectivity index (χ4n) is 1.96. The van der Waals surface area contributed by atoms with Crippen LogP contribution in [-0.2, 0) is 4.79 Å². The standard InChI is InChI=1S/C16H14Cl2N2O4/c1-9-6-7-14(13(8-9)20(22)23)24-10(2)16(21)19-15-11(17)4-3-5-12(15)18/h3-8,10H,1-2H3,(H,19,21)/t10-/m1/s1. The molecule has 1 N–H and O–H groups in total. The molecule has 1 atom stereocenters. The van der Waals surface area contributed by atoms with Crippen molar-refractivity contribution >= 4 is 40.5 Å². The number of hydrogen-bond donors (Lipinski definition) is 1. The summed E-state index contributed by atoms with van der Waals surface area (Å²) in [7, 11) is 0. The first-order valence-corrected chi connectivity index (χ1v) is 7.71. The van der Waals surface area contributed by atoms with Gasteiger partial charge in [-0.15, -0.1) is 0 Å². The Morgan fingerprint density at radius 3 is 2.46 bits per heavy atom. The molecule has 0 saturated heterocycles. The van der Waals surface area contributed by atoms with Gasteiger partial charge in [0.05, 0.1) is 20.7 Å². The minimum atomic E-state index is -0.987. The third-order valence-electron chi connectivity index (χ3n) is 3.20. The lowest BCUT2D eigenvalue weighted by molar-refractivity contribution is -0.386. The number of nitrogens with zero attached hydrogens (tertiary/aromatic N) is 1. The van der Waals surface area contributed by atoms with E-state index in [1.807, 2.05) is 0 Å². The molecule has 1 amide bonds. The SMILES string of the molecule is Cc1ccc(O[C@H](C)C(=O)Nc2c(Cl)cccc2Cl)c([N+](=O)[O-])c1. The highest BCUT2D eigenvalue weighted by molar-refractivity contribution is 6.39. The number of hydrogen-bond acceptors (Lipinski definition) is 4. The first kappa shape index (κ1) is 18.0. The van der Waals surface area contributed by atoms with E-state index in [0.717, 1.165) is 0 Å². The third kappa shape index (κ3) is 4.15. The molecule has 0 radical (unpaired) electrons. The Morgan fingerprint density at radius 1 is 1.25 bits per heavy atom. The number of halogens is 2. The van der Waals surface area contributed by atoms with Crippen molar-refractivity contribution in [1.29, 1.82) is 0 Å². The number of rotatable bonds is 5. The Balaban J connectivity index is 2.17. The maximum absolute atomic E-state index is 12.2. The van der Waals surface area contributed by atoms with Crippen molar-refractivity contribution in [3.8, 4) is 5.75 Å². The van der Waals surface area contributed by atoms with Crippen molar-refractivity contribution in [2.75, 3.05) is 5.32 Å². The van der Waals surface area contributed by atoms with Gasteiger partial charge in [-0.05, 0) is 37.6 Å².